The average Bonchev–Trinajstić information content (AvgIpc) is 4.15. The van der Waals surface area contributed by atoms with Crippen LogP contribution in [0.1, 0.15) is 83.2 Å². The van der Waals surface area contributed by atoms with Crippen molar-refractivity contribution < 1.29 is 37.1 Å². The molecule has 14 nitrogen and oxygen atoms in total. The Morgan fingerprint density at radius 2 is 0.972 bits per heavy atom. The minimum absolute atomic E-state index is 0.0850. The van der Waals surface area contributed by atoms with Gasteiger partial charge in [0.15, 0.2) is 9.92 Å². The average molecular weight is 1010 g/mol. The Balaban J connectivity index is 0.000000181. The summed E-state index contributed by atoms with van der Waals surface area (Å²) in [6, 6.07) is 16.1. The smallest absolute Gasteiger partial charge is 0.290 e. The van der Waals surface area contributed by atoms with E-state index in [2.05, 4.69) is 30.4 Å². The molecule has 0 spiro atoms. The number of carbonyl (C=O) groups excluding carboxylic acids is 2. The van der Waals surface area contributed by atoms with Crippen LogP contribution in [0.25, 0.3) is 52.9 Å². The third kappa shape index (κ3) is 12.1. The number of benzene rings is 4. The van der Waals surface area contributed by atoms with E-state index in [-0.39, 0.29) is 42.5 Å². The fourth-order valence-electron chi connectivity index (χ4n) is 9.03. The van der Waals surface area contributed by atoms with E-state index in [0.717, 1.165) is 72.5 Å². The molecule has 0 radical (unpaired) electrons. The van der Waals surface area contributed by atoms with E-state index in [0.29, 0.717) is 56.7 Å². The lowest BCUT2D eigenvalue weighted by Crippen LogP contribution is -2.33. The van der Waals surface area contributed by atoms with Crippen LogP contribution >= 0.6 is 22.7 Å². The Hall–Kier alpha value is -6.29. The van der Waals surface area contributed by atoms with E-state index in [1.54, 1.807) is 24.5 Å². The maximum Gasteiger partial charge on any atom is 0.290 e. The van der Waals surface area contributed by atoms with Gasteiger partial charge >= 0.3 is 0 Å². The number of fused-ring (bicyclic) bond motifs is 6. The third-order valence-electron chi connectivity index (χ3n) is 12.8. The molecule has 2 aliphatic rings. The van der Waals surface area contributed by atoms with Crippen LogP contribution in [0.15, 0.2) is 73.1 Å². The third-order valence-corrected chi connectivity index (χ3v) is 14.8. The van der Waals surface area contributed by atoms with E-state index in [9.17, 15) is 27.2 Å². The van der Waals surface area contributed by atoms with Gasteiger partial charge in [-0.15, -0.1) is 0 Å². The number of piperidine rings is 2. The predicted molar refractivity (Wildman–Crippen MR) is 271 cm³/mol. The van der Waals surface area contributed by atoms with Crippen molar-refractivity contribution in [1.82, 2.24) is 39.2 Å². The molecule has 2 aliphatic heterocycles. The summed E-state index contributed by atoms with van der Waals surface area (Å²) in [6.07, 6.45) is 13.1. The molecule has 0 saturated carbocycles. The van der Waals surface area contributed by atoms with Crippen LogP contribution in [0.4, 0.5) is 17.6 Å². The second-order valence-corrected chi connectivity index (χ2v) is 19.5. The molecule has 7 N–H and O–H groups in total. The molecule has 0 aliphatic carbocycles. The number of imidazole rings is 2. The number of rotatable bonds is 14. The highest BCUT2D eigenvalue weighted by Gasteiger charge is 2.19. The van der Waals surface area contributed by atoms with Crippen LogP contribution in [0, 0.1) is 23.3 Å². The SMILES string of the molecule is NCc1c(F)cc(-c2cn3c(n2)sc2cc(C(=O)NCCCN4CCCCC4)ccc23)cc1F.NCc1c(F)cc(-c2cn3c(n2)sc2cc(C(=O)NCCCN4CCCCC4)ccc23)cc1F.O=CO. The molecule has 2 fully saturated rings. The Morgan fingerprint density at radius 3 is 1.32 bits per heavy atom. The summed E-state index contributed by atoms with van der Waals surface area (Å²) in [5.74, 6) is -2.87. The van der Waals surface area contributed by atoms with E-state index in [1.165, 1.54) is 85.5 Å². The van der Waals surface area contributed by atoms with Gasteiger partial charge in [-0.2, -0.15) is 0 Å². The highest BCUT2D eigenvalue weighted by atomic mass is 32.1. The van der Waals surface area contributed by atoms with E-state index in [1.807, 2.05) is 33.1 Å². The normalized spacial score (nSPS) is 14.3. The zero-order chi connectivity index (χ0) is 50.0. The molecule has 374 valence electrons. The van der Waals surface area contributed by atoms with Crippen LogP contribution < -0.4 is 22.1 Å². The van der Waals surface area contributed by atoms with Crippen molar-refractivity contribution in [3.05, 3.63) is 119 Å². The molecule has 4 aromatic carbocycles. The Bertz CT molecular complexity index is 2910. The number of aromatic nitrogens is 4. The van der Waals surface area contributed by atoms with E-state index < -0.39 is 23.3 Å². The van der Waals surface area contributed by atoms with Gasteiger partial charge in [0.25, 0.3) is 18.3 Å². The number of carboxylic acid groups (broad SMARTS) is 1. The summed E-state index contributed by atoms with van der Waals surface area (Å²) in [5, 5.41) is 12.9. The number of likely N-dealkylation sites (tertiary alicyclic amines) is 2. The van der Waals surface area contributed by atoms with Crippen molar-refractivity contribution in [3.8, 4) is 22.5 Å². The van der Waals surface area contributed by atoms with Crippen molar-refractivity contribution in [2.45, 2.75) is 64.5 Å². The summed E-state index contributed by atoms with van der Waals surface area (Å²) in [4.78, 5) is 49.0. The number of nitrogens with one attached hydrogen (secondary N) is 2. The summed E-state index contributed by atoms with van der Waals surface area (Å²) in [5.41, 5.74) is 15.2. The van der Waals surface area contributed by atoms with Crippen molar-refractivity contribution in [3.63, 3.8) is 0 Å². The monoisotopic (exact) mass is 1010 g/mol. The second kappa shape index (κ2) is 23.7. The van der Waals surface area contributed by atoms with Crippen LogP contribution in [0.2, 0.25) is 0 Å². The lowest BCUT2D eigenvalue weighted by atomic mass is 10.1. The van der Waals surface area contributed by atoms with Gasteiger partial charge < -0.3 is 37.0 Å². The molecule has 2 saturated heterocycles. The maximum absolute atomic E-state index is 14.2. The van der Waals surface area contributed by atoms with Gasteiger partial charge in [0.1, 0.15) is 23.3 Å². The van der Waals surface area contributed by atoms with Crippen LogP contribution in [0.5, 0.6) is 0 Å². The molecule has 4 aromatic heterocycles. The number of thiazole rings is 2. The summed E-state index contributed by atoms with van der Waals surface area (Å²) in [7, 11) is 0. The van der Waals surface area contributed by atoms with Crippen molar-refractivity contribution in [2.75, 3.05) is 52.4 Å². The minimum atomic E-state index is -0.676. The first kappa shape index (κ1) is 51.1. The second-order valence-electron chi connectivity index (χ2n) is 17.5. The summed E-state index contributed by atoms with van der Waals surface area (Å²) >= 11 is 2.86. The number of hydrogen-bond acceptors (Lipinski definition) is 11. The maximum atomic E-state index is 14.2. The fraction of sp³-hybridized carbons (Fsp3) is 0.353. The molecule has 71 heavy (non-hydrogen) atoms. The molecule has 0 atom stereocenters. The van der Waals surface area contributed by atoms with Gasteiger partial charge in [0.2, 0.25) is 0 Å². The van der Waals surface area contributed by atoms with Crippen LogP contribution in [-0.2, 0) is 17.9 Å². The zero-order valence-electron chi connectivity index (χ0n) is 39.1. The topological polar surface area (TPSA) is 189 Å². The highest BCUT2D eigenvalue weighted by molar-refractivity contribution is 7.24. The lowest BCUT2D eigenvalue weighted by molar-refractivity contribution is -0.122. The van der Waals surface area contributed by atoms with Crippen LogP contribution in [0.3, 0.4) is 0 Å². The van der Waals surface area contributed by atoms with Crippen molar-refractivity contribution in [2.24, 2.45) is 11.5 Å². The van der Waals surface area contributed by atoms with Gasteiger partial charge in [-0.05, 0) is 138 Å². The van der Waals surface area contributed by atoms with E-state index in [4.69, 9.17) is 21.4 Å². The van der Waals surface area contributed by atoms with Crippen molar-refractivity contribution >= 4 is 71.3 Å². The summed E-state index contributed by atoms with van der Waals surface area (Å²) < 4.78 is 62.3. The number of amides is 2. The van der Waals surface area contributed by atoms with Gasteiger partial charge in [0.05, 0.1) is 31.8 Å². The molecular weight excluding hydrogens is 957 g/mol. The standard InChI is InChI=1S/2C25H27F2N5OS.CH2O2/c2*26-19-11-17(12-20(27)18(19)14-28)21-15-32-22-6-5-16(13-23(22)34-25(32)30-21)24(33)29-7-4-10-31-8-2-1-3-9-31;2-1-3/h2*5-6,11-13,15H,1-4,7-10,14,28H2,(H,29,33);1H,(H,2,3). The zero-order valence-corrected chi connectivity index (χ0v) is 40.7. The summed E-state index contributed by atoms with van der Waals surface area (Å²) in [6.45, 7) is 7.35. The molecule has 8 aromatic rings. The van der Waals surface area contributed by atoms with Crippen molar-refractivity contribution in [1.29, 1.82) is 0 Å². The first-order valence-electron chi connectivity index (χ1n) is 23.8. The Kier molecular flexibility index (Phi) is 17.1. The Labute approximate surface area is 415 Å². The molecule has 10 rings (SSSR count). The first-order chi connectivity index (χ1) is 34.5. The molecule has 20 heteroatoms. The number of nitrogens with zero attached hydrogens (tertiary/aromatic N) is 6. The Morgan fingerprint density at radius 1 is 0.606 bits per heavy atom. The lowest BCUT2D eigenvalue weighted by Gasteiger charge is -2.26. The van der Waals surface area contributed by atoms with Gasteiger partial charge in [0, 0.05) is 72.0 Å². The van der Waals surface area contributed by atoms with Gasteiger partial charge in [-0.25, -0.2) is 27.5 Å². The minimum Gasteiger partial charge on any atom is -0.483 e. The quantitative estimate of drug-likeness (QED) is 0.0400. The number of halogens is 4. The number of carbonyl (C=O) groups is 3. The van der Waals surface area contributed by atoms with Gasteiger partial charge in [-0.3, -0.25) is 23.2 Å². The van der Waals surface area contributed by atoms with Crippen LogP contribution in [-0.4, -0.2) is 104 Å². The number of nitrogens with two attached hydrogens (primary N) is 2. The predicted octanol–water partition coefficient (Wildman–Crippen LogP) is 8.82. The highest BCUT2D eigenvalue weighted by Crippen LogP contribution is 2.33. The number of hydrogen-bond donors (Lipinski definition) is 5. The fourth-order valence-corrected chi connectivity index (χ4v) is 11.1. The first-order valence-corrected chi connectivity index (χ1v) is 25.4. The van der Waals surface area contributed by atoms with Gasteiger partial charge in [-0.1, -0.05) is 35.5 Å². The molecule has 0 bridgehead atoms. The molecule has 6 heterocycles. The molecular formula is C51H56F4N10O4S2. The van der Waals surface area contributed by atoms with E-state index >= 15 is 0 Å². The molecule has 2 amide bonds. The largest absolute Gasteiger partial charge is 0.483 e. The molecule has 0 unspecified atom stereocenters.